The fourth-order valence-electron chi connectivity index (χ4n) is 3.39. The number of para-hydroxylation sites is 1. The molecule has 0 aromatic heterocycles. The largest absolute Gasteiger partial charge is 0.496 e. The monoisotopic (exact) mass is 443 g/mol. The third-order valence-electron chi connectivity index (χ3n) is 5.15. The van der Waals surface area contributed by atoms with E-state index in [-0.39, 0.29) is 17.7 Å². The second-order valence-electron chi connectivity index (χ2n) is 7.23. The van der Waals surface area contributed by atoms with Crippen molar-refractivity contribution >= 4 is 27.7 Å². The van der Waals surface area contributed by atoms with Gasteiger partial charge in [-0.25, -0.2) is 13.1 Å². The number of piperidine rings is 1. The first kappa shape index (κ1) is 24.0. The van der Waals surface area contributed by atoms with E-state index in [0.717, 1.165) is 49.5 Å². The summed E-state index contributed by atoms with van der Waals surface area (Å²) in [6, 6.07) is 7.37. The van der Waals surface area contributed by atoms with Crippen LogP contribution < -0.4 is 14.8 Å². The summed E-state index contributed by atoms with van der Waals surface area (Å²) in [6.07, 6.45) is 4.12. The third kappa shape index (κ3) is 7.81. The van der Waals surface area contributed by atoms with E-state index in [9.17, 15) is 13.2 Å². The predicted octanol–water partition coefficient (Wildman–Crippen LogP) is 1.84. The van der Waals surface area contributed by atoms with Gasteiger partial charge in [0.15, 0.2) is 0 Å². The summed E-state index contributed by atoms with van der Waals surface area (Å²) in [5.74, 6) is 1.36. The molecule has 0 aliphatic carbocycles. The average Bonchev–Trinajstić information content (AvgIpc) is 2.72. The lowest BCUT2D eigenvalue weighted by Gasteiger charge is -2.33. The van der Waals surface area contributed by atoms with E-state index in [0.29, 0.717) is 6.42 Å². The summed E-state index contributed by atoms with van der Waals surface area (Å²) in [5, 5.41) is 3.06. The van der Waals surface area contributed by atoms with Crippen molar-refractivity contribution in [1.82, 2.24) is 14.9 Å². The Labute approximate surface area is 179 Å². The molecule has 164 valence electrons. The van der Waals surface area contributed by atoms with E-state index in [1.54, 1.807) is 25.8 Å². The minimum atomic E-state index is -3.43. The van der Waals surface area contributed by atoms with Crippen molar-refractivity contribution in [1.29, 1.82) is 0 Å². The number of ether oxygens (including phenoxy) is 1. The Morgan fingerprint density at radius 2 is 2.00 bits per heavy atom. The smallest absolute Gasteiger partial charge is 0.238 e. The van der Waals surface area contributed by atoms with Crippen molar-refractivity contribution in [2.45, 2.75) is 44.8 Å². The molecule has 1 aromatic carbocycles. The van der Waals surface area contributed by atoms with Crippen LogP contribution in [0.2, 0.25) is 0 Å². The predicted molar refractivity (Wildman–Crippen MR) is 119 cm³/mol. The lowest BCUT2D eigenvalue weighted by atomic mass is 10.0. The van der Waals surface area contributed by atoms with Crippen molar-refractivity contribution in [2.24, 2.45) is 0 Å². The number of likely N-dealkylation sites (tertiary alicyclic amines) is 1. The molecule has 29 heavy (non-hydrogen) atoms. The highest BCUT2D eigenvalue weighted by Crippen LogP contribution is 2.21. The number of methoxy groups -OCH3 is 1. The highest BCUT2D eigenvalue weighted by atomic mass is 32.2. The fraction of sp³-hybridized carbons (Fsp3) is 0.650. The van der Waals surface area contributed by atoms with Gasteiger partial charge in [-0.3, -0.25) is 9.69 Å². The van der Waals surface area contributed by atoms with Gasteiger partial charge in [0.2, 0.25) is 15.9 Å². The molecule has 1 unspecified atom stereocenters. The zero-order chi connectivity index (χ0) is 21.3. The number of hydrogen-bond donors (Lipinski definition) is 2. The second kappa shape index (κ2) is 11.8. The maximum atomic E-state index is 12.7. The van der Waals surface area contributed by atoms with E-state index in [2.05, 4.69) is 21.0 Å². The molecule has 1 heterocycles. The number of amides is 1. The van der Waals surface area contributed by atoms with Crippen molar-refractivity contribution in [3.05, 3.63) is 29.8 Å². The summed E-state index contributed by atoms with van der Waals surface area (Å²) in [7, 11) is -1.74. The topological polar surface area (TPSA) is 87.7 Å². The lowest BCUT2D eigenvalue weighted by molar-refractivity contribution is -0.123. The Morgan fingerprint density at radius 1 is 1.31 bits per heavy atom. The standard InChI is InChI=1S/C20H33N3O4S2/c1-4-29(25,26)22-18(11-14-28-3)20(24)21-17-9-12-23(13-10-17)15-16-7-5-6-8-19(16)27-2/h5-8,17-18,22H,4,9-15H2,1-3H3,(H,21,24). The molecular formula is C20H33N3O4S2. The van der Waals surface area contributed by atoms with Crippen LogP contribution in [0, 0.1) is 0 Å². The number of nitrogens with one attached hydrogen (secondary N) is 2. The molecule has 2 rings (SSSR count). The molecule has 1 atom stereocenters. The van der Waals surface area contributed by atoms with Crippen molar-refractivity contribution in [3.63, 3.8) is 0 Å². The van der Waals surface area contributed by atoms with Crippen LogP contribution in [0.25, 0.3) is 0 Å². The zero-order valence-corrected chi connectivity index (χ0v) is 19.2. The third-order valence-corrected chi connectivity index (χ3v) is 7.20. The minimum absolute atomic E-state index is 0.0304. The number of nitrogens with zero attached hydrogens (tertiary/aromatic N) is 1. The molecule has 9 heteroatoms. The van der Waals surface area contributed by atoms with Gasteiger partial charge < -0.3 is 10.1 Å². The maximum absolute atomic E-state index is 12.7. The number of thioether (sulfide) groups is 1. The summed E-state index contributed by atoms with van der Waals surface area (Å²) in [5.41, 5.74) is 1.16. The molecule has 1 aromatic rings. The molecule has 2 N–H and O–H groups in total. The molecule has 0 bridgehead atoms. The van der Waals surface area contributed by atoms with Gasteiger partial charge >= 0.3 is 0 Å². The zero-order valence-electron chi connectivity index (χ0n) is 17.5. The van der Waals surface area contributed by atoms with Gasteiger partial charge in [-0.05, 0) is 44.3 Å². The first-order valence-electron chi connectivity index (χ1n) is 10.0. The second-order valence-corrected chi connectivity index (χ2v) is 10.3. The summed E-state index contributed by atoms with van der Waals surface area (Å²) >= 11 is 1.60. The highest BCUT2D eigenvalue weighted by Gasteiger charge is 2.27. The molecule has 0 saturated carbocycles. The fourth-order valence-corrected chi connectivity index (χ4v) is 4.69. The van der Waals surface area contributed by atoms with Crippen molar-refractivity contribution < 1.29 is 17.9 Å². The Kier molecular flexibility index (Phi) is 9.74. The normalized spacial score (nSPS) is 17.1. The SMILES string of the molecule is CCS(=O)(=O)NC(CCSC)C(=O)NC1CCN(Cc2ccccc2OC)CC1. The van der Waals surface area contributed by atoms with Crippen LogP contribution in [0.1, 0.15) is 31.7 Å². The van der Waals surface area contributed by atoms with Crippen LogP contribution >= 0.6 is 11.8 Å². The lowest BCUT2D eigenvalue weighted by Crippen LogP contribution is -2.52. The maximum Gasteiger partial charge on any atom is 0.238 e. The van der Waals surface area contributed by atoms with Crippen LogP contribution in [0.5, 0.6) is 5.75 Å². The van der Waals surface area contributed by atoms with Gasteiger partial charge in [-0.15, -0.1) is 0 Å². The van der Waals surface area contributed by atoms with Gasteiger partial charge in [-0.2, -0.15) is 11.8 Å². The van der Waals surface area contributed by atoms with Crippen LogP contribution in [0.3, 0.4) is 0 Å². The van der Waals surface area contributed by atoms with Crippen LogP contribution in [0.4, 0.5) is 0 Å². The Bertz CT molecular complexity index is 750. The first-order chi connectivity index (χ1) is 13.9. The Morgan fingerprint density at radius 3 is 2.62 bits per heavy atom. The number of carbonyl (C=O) groups excluding carboxylic acids is 1. The average molecular weight is 444 g/mol. The number of rotatable bonds is 11. The van der Waals surface area contributed by atoms with Gasteiger partial charge in [0, 0.05) is 31.2 Å². The van der Waals surface area contributed by atoms with E-state index in [4.69, 9.17) is 4.74 Å². The summed E-state index contributed by atoms with van der Waals surface area (Å²) in [4.78, 5) is 15.0. The van der Waals surface area contributed by atoms with Crippen LogP contribution in [-0.2, 0) is 21.4 Å². The Balaban J connectivity index is 1.87. The van der Waals surface area contributed by atoms with Gasteiger partial charge in [0.25, 0.3) is 0 Å². The summed E-state index contributed by atoms with van der Waals surface area (Å²) in [6.45, 7) is 4.14. The van der Waals surface area contributed by atoms with Crippen molar-refractivity contribution in [3.8, 4) is 5.75 Å². The van der Waals surface area contributed by atoms with Gasteiger partial charge in [0.1, 0.15) is 11.8 Å². The molecule has 7 nitrogen and oxygen atoms in total. The van der Waals surface area contributed by atoms with E-state index in [1.165, 1.54) is 0 Å². The molecule has 0 spiro atoms. The molecule has 1 amide bonds. The highest BCUT2D eigenvalue weighted by molar-refractivity contribution is 7.98. The van der Waals surface area contributed by atoms with E-state index >= 15 is 0 Å². The molecule has 0 radical (unpaired) electrons. The number of carbonyl (C=O) groups is 1. The molecule has 1 saturated heterocycles. The molecular weight excluding hydrogens is 410 g/mol. The summed E-state index contributed by atoms with van der Waals surface area (Å²) < 4.78 is 31.8. The van der Waals surface area contributed by atoms with Gasteiger partial charge in [0.05, 0.1) is 12.9 Å². The first-order valence-corrected chi connectivity index (χ1v) is 13.1. The van der Waals surface area contributed by atoms with Crippen LogP contribution in [-0.4, -0.2) is 69.3 Å². The van der Waals surface area contributed by atoms with Crippen molar-refractivity contribution in [2.75, 3.05) is 38.0 Å². The van der Waals surface area contributed by atoms with Crippen LogP contribution in [0.15, 0.2) is 24.3 Å². The molecule has 1 aliphatic heterocycles. The number of hydrogen-bond acceptors (Lipinski definition) is 6. The number of sulfonamides is 1. The number of benzene rings is 1. The molecule has 1 aliphatic rings. The van der Waals surface area contributed by atoms with E-state index < -0.39 is 16.1 Å². The van der Waals surface area contributed by atoms with Gasteiger partial charge in [-0.1, -0.05) is 18.2 Å². The Hall–Kier alpha value is -1.29. The minimum Gasteiger partial charge on any atom is -0.496 e. The van der Waals surface area contributed by atoms with E-state index in [1.807, 2.05) is 24.5 Å². The quantitative estimate of drug-likeness (QED) is 0.543. The molecule has 1 fully saturated rings.